The summed E-state index contributed by atoms with van der Waals surface area (Å²) in [5, 5.41) is 48.9. The first-order valence-electron chi connectivity index (χ1n) is 10.2. The Hall–Kier alpha value is -3.70. The molecule has 1 aliphatic heterocycles. The van der Waals surface area contributed by atoms with Crippen molar-refractivity contribution in [3.05, 3.63) is 71.8 Å². The van der Waals surface area contributed by atoms with Crippen LogP contribution in [0, 0.1) is 0 Å². The van der Waals surface area contributed by atoms with Crippen molar-refractivity contribution in [1.29, 1.82) is 0 Å². The maximum absolute atomic E-state index is 12.1. The number of hydrogen-bond donors (Lipinski definition) is 5. The number of hydrogen-bond acceptors (Lipinski definition) is 10. The predicted molar refractivity (Wildman–Crippen MR) is 118 cm³/mol. The highest BCUT2D eigenvalue weighted by atomic mass is 16.7. The van der Waals surface area contributed by atoms with Crippen LogP contribution in [0.5, 0.6) is 11.5 Å². The molecule has 1 aliphatic rings. The molecule has 0 radical (unpaired) electrons. The number of esters is 2. The van der Waals surface area contributed by atoms with Gasteiger partial charge in [-0.15, -0.1) is 0 Å². The smallest absolute Gasteiger partial charge is 0.333 e. The number of ether oxygens (including phenoxy) is 3. The van der Waals surface area contributed by atoms with Gasteiger partial charge in [-0.2, -0.15) is 0 Å². The van der Waals surface area contributed by atoms with Crippen molar-refractivity contribution in [3.8, 4) is 11.5 Å². The molecular formula is C24H24O10. The minimum atomic E-state index is -1.73. The molecule has 2 aromatic carbocycles. The van der Waals surface area contributed by atoms with Gasteiger partial charge in [0.05, 0.1) is 0 Å². The zero-order valence-electron chi connectivity index (χ0n) is 17.8. The van der Waals surface area contributed by atoms with Gasteiger partial charge in [0.25, 0.3) is 0 Å². The quantitative estimate of drug-likeness (QED) is 0.287. The number of phenols is 2. The highest BCUT2D eigenvalue weighted by Crippen LogP contribution is 2.23. The van der Waals surface area contributed by atoms with Gasteiger partial charge in [-0.3, -0.25) is 0 Å². The Labute approximate surface area is 194 Å². The Bertz CT molecular complexity index is 1030. The van der Waals surface area contributed by atoms with Crippen LogP contribution in [0.1, 0.15) is 11.1 Å². The zero-order valence-corrected chi connectivity index (χ0v) is 17.8. The maximum atomic E-state index is 12.1. The number of aromatic hydroxyl groups is 2. The van der Waals surface area contributed by atoms with Gasteiger partial charge in [0.15, 0.2) is 0 Å². The largest absolute Gasteiger partial charge is 0.508 e. The van der Waals surface area contributed by atoms with Crippen molar-refractivity contribution in [2.24, 2.45) is 0 Å². The molecule has 0 saturated carbocycles. The average Bonchev–Trinajstić information content (AvgIpc) is 2.83. The fourth-order valence-electron chi connectivity index (χ4n) is 3.02. The van der Waals surface area contributed by atoms with E-state index in [4.69, 9.17) is 14.2 Å². The highest BCUT2D eigenvalue weighted by molar-refractivity contribution is 5.87. The molecule has 5 N–H and O–H groups in total. The van der Waals surface area contributed by atoms with Gasteiger partial charge in [-0.25, -0.2) is 9.59 Å². The Morgan fingerprint density at radius 3 is 1.79 bits per heavy atom. The van der Waals surface area contributed by atoms with E-state index in [0.717, 1.165) is 12.2 Å². The van der Waals surface area contributed by atoms with Crippen molar-refractivity contribution in [2.75, 3.05) is 6.61 Å². The Morgan fingerprint density at radius 1 is 0.765 bits per heavy atom. The fraction of sp³-hybridized carbons (Fsp3) is 0.250. The molecule has 0 aromatic heterocycles. The maximum Gasteiger partial charge on any atom is 0.333 e. The number of benzene rings is 2. The summed E-state index contributed by atoms with van der Waals surface area (Å²) >= 11 is 0. The van der Waals surface area contributed by atoms with Crippen LogP contribution in [0.15, 0.2) is 60.7 Å². The summed E-state index contributed by atoms with van der Waals surface area (Å²) in [4.78, 5) is 24.1. The molecule has 0 spiro atoms. The van der Waals surface area contributed by atoms with Gasteiger partial charge in [0, 0.05) is 12.2 Å². The lowest BCUT2D eigenvalue weighted by Gasteiger charge is -2.39. The Balaban J connectivity index is 1.54. The molecule has 1 saturated heterocycles. The molecular weight excluding hydrogens is 448 g/mol. The van der Waals surface area contributed by atoms with E-state index in [9.17, 15) is 35.1 Å². The first kappa shape index (κ1) is 24.9. The minimum Gasteiger partial charge on any atom is -0.508 e. The van der Waals surface area contributed by atoms with E-state index in [1.807, 2.05) is 0 Å². The Kier molecular flexibility index (Phi) is 8.39. The second kappa shape index (κ2) is 11.4. The number of aliphatic hydroxyl groups excluding tert-OH is 3. The van der Waals surface area contributed by atoms with Crippen molar-refractivity contribution in [1.82, 2.24) is 0 Å². The van der Waals surface area contributed by atoms with Gasteiger partial charge in [0.2, 0.25) is 6.29 Å². The van der Waals surface area contributed by atoms with Crippen LogP contribution >= 0.6 is 0 Å². The second-order valence-corrected chi connectivity index (χ2v) is 7.43. The van der Waals surface area contributed by atoms with E-state index in [0.29, 0.717) is 11.1 Å². The van der Waals surface area contributed by atoms with E-state index in [2.05, 4.69) is 0 Å². The molecule has 0 aliphatic carbocycles. The lowest BCUT2D eigenvalue weighted by Crippen LogP contribution is -2.59. The van der Waals surface area contributed by atoms with Crippen LogP contribution in [0.3, 0.4) is 0 Å². The third kappa shape index (κ3) is 6.90. The third-order valence-electron chi connectivity index (χ3n) is 4.90. The summed E-state index contributed by atoms with van der Waals surface area (Å²) in [5.74, 6) is -1.52. The summed E-state index contributed by atoms with van der Waals surface area (Å²) in [7, 11) is 0. The van der Waals surface area contributed by atoms with Crippen molar-refractivity contribution >= 4 is 24.1 Å². The molecule has 2 aromatic rings. The fourth-order valence-corrected chi connectivity index (χ4v) is 3.02. The average molecular weight is 472 g/mol. The summed E-state index contributed by atoms with van der Waals surface area (Å²) in [5.41, 5.74) is 1.23. The predicted octanol–water partition coefficient (Wildman–Crippen LogP) is 0.718. The van der Waals surface area contributed by atoms with E-state index in [-0.39, 0.29) is 11.5 Å². The molecule has 10 heteroatoms. The zero-order chi connectivity index (χ0) is 24.7. The van der Waals surface area contributed by atoms with Gasteiger partial charge in [-0.05, 0) is 47.5 Å². The highest BCUT2D eigenvalue weighted by Gasteiger charge is 2.45. The lowest BCUT2D eigenvalue weighted by molar-refractivity contribution is -0.291. The number of carbonyl (C=O) groups is 2. The molecule has 10 nitrogen and oxygen atoms in total. The van der Waals surface area contributed by atoms with Crippen LogP contribution in [-0.4, -0.2) is 74.8 Å². The number of phenolic OH excluding ortho intramolecular Hbond substituents is 2. The van der Waals surface area contributed by atoms with Gasteiger partial charge in [0.1, 0.15) is 42.5 Å². The summed E-state index contributed by atoms with van der Waals surface area (Å²) in [6.07, 6.45) is -2.92. The number of rotatable bonds is 7. The minimum absolute atomic E-state index is 0.0635. The van der Waals surface area contributed by atoms with Crippen LogP contribution in [0.4, 0.5) is 0 Å². The standard InChI is InChI=1S/C24H24O10/c25-16-7-1-14(2-8-16)5-11-19(27)32-13-18-21(29)22(30)23(31)24(33-18)34-20(28)12-6-15-3-9-17(26)10-4-15/h1-12,18,21-26,29-31H,13H2/t18-,21+,22-,23+,24-/m0/s1. The molecule has 0 unspecified atom stereocenters. The van der Waals surface area contributed by atoms with E-state index < -0.39 is 49.3 Å². The first-order valence-corrected chi connectivity index (χ1v) is 10.2. The van der Waals surface area contributed by atoms with Crippen molar-refractivity contribution in [2.45, 2.75) is 30.7 Å². The molecule has 3 rings (SSSR count). The monoisotopic (exact) mass is 472 g/mol. The molecule has 0 bridgehead atoms. The van der Waals surface area contributed by atoms with E-state index in [1.165, 1.54) is 36.4 Å². The van der Waals surface area contributed by atoms with E-state index >= 15 is 0 Å². The first-order chi connectivity index (χ1) is 16.2. The number of aliphatic hydroxyl groups is 3. The molecule has 34 heavy (non-hydrogen) atoms. The molecule has 1 heterocycles. The molecule has 1 fully saturated rings. The van der Waals surface area contributed by atoms with Gasteiger partial charge < -0.3 is 39.7 Å². The molecule has 180 valence electrons. The third-order valence-corrected chi connectivity index (χ3v) is 4.90. The van der Waals surface area contributed by atoms with Crippen LogP contribution in [-0.2, 0) is 23.8 Å². The van der Waals surface area contributed by atoms with E-state index in [1.54, 1.807) is 24.3 Å². The van der Waals surface area contributed by atoms with Crippen LogP contribution in [0.25, 0.3) is 12.2 Å². The topological polar surface area (TPSA) is 163 Å². The Morgan fingerprint density at radius 2 is 1.26 bits per heavy atom. The van der Waals surface area contributed by atoms with Crippen molar-refractivity contribution in [3.63, 3.8) is 0 Å². The summed E-state index contributed by atoms with van der Waals surface area (Å²) in [6, 6.07) is 12.1. The number of carbonyl (C=O) groups excluding carboxylic acids is 2. The SMILES string of the molecule is O=C(C=Cc1ccc(O)cc1)OC[C@@H]1O[C@@H](OC(=O)C=Cc2ccc(O)cc2)[C@H](O)[C@@H](O)[C@@H]1O. The van der Waals surface area contributed by atoms with Crippen LogP contribution in [0.2, 0.25) is 0 Å². The summed E-state index contributed by atoms with van der Waals surface area (Å²) in [6.45, 7) is -0.485. The van der Waals surface area contributed by atoms with Crippen molar-refractivity contribution < 1.29 is 49.3 Å². The van der Waals surface area contributed by atoms with Crippen LogP contribution < -0.4 is 0 Å². The molecule has 0 amide bonds. The van der Waals surface area contributed by atoms with Gasteiger partial charge >= 0.3 is 11.9 Å². The normalized spacial score (nSPS) is 24.9. The van der Waals surface area contributed by atoms with Gasteiger partial charge in [-0.1, -0.05) is 24.3 Å². The molecule has 5 atom stereocenters. The lowest BCUT2D eigenvalue weighted by atomic mass is 9.99. The second-order valence-electron chi connectivity index (χ2n) is 7.43. The summed E-state index contributed by atoms with van der Waals surface area (Å²) < 4.78 is 15.4.